The number of hydrogen-bond acceptors (Lipinski definition) is 4. The topological polar surface area (TPSA) is 75.4 Å². The first kappa shape index (κ1) is 16.9. The van der Waals surface area contributed by atoms with E-state index in [-0.39, 0.29) is 11.6 Å². The molecule has 24 heavy (non-hydrogen) atoms. The van der Waals surface area contributed by atoms with Crippen molar-refractivity contribution in [2.45, 2.75) is 10.7 Å². The lowest BCUT2D eigenvalue weighted by atomic mass is 10.1. The molecule has 0 aliphatic heterocycles. The van der Waals surface area contributed by atoms with Crippen molar-refractivity contribution in [3.63, 3.8) is 0 Å². The van der Waals surface area contributed by atoms with Gasteiger partial charge in [0, 0.05) is 5.69 Å². The van der Waals surface area contributed by atoms with Gasteiger partial charge in [0.2, 0.25) is 5.89 Å². The second-order valence-corrected chi connectivity index (χ2v) is 7.41. The smallest absolute Gasteiger partial charge is 0.276 e. The predicted octanol–water partition coefficient (Wildman–Crippen LogP) is 4.82. The van der Waals surface area contributed by atoms with Crippen LogP contribution in [0.5, 0.6) is 5.75 Å². The molecule has 2 N–H and O–H groups in total. The number of nitrogens with one attached hydrogen (secondary N) is 1. The molecule has 0 bridgehead atoms. The number of carbonyl (C=O) groups excluding carboxylic acids is 1. The molecule has 0 atom stereocenters. The molecular weight excluding hydrogens is 375 g/mol. The molecule has 0 fully saturated rings. The molecule has 5 nitrogen and oxygen atoms in total. The summed E-state index contributed by atoms with van der Waals surface area (Å²) < 4.78 is 3.56. The molecule has 0 saturated heterocycles. The summed E-state index contributed by atoms with van der Waals surface area (Å²) in [6.07, 6.45) is 0. The van der Waals surface area contributed by atoms with Crippen LogP contribution in [0.4, 0.5) is 5.69 Å². The van der Waals surface area contributed by atoms with Crippen LogP contribution in [0.1, 0.15) is 5.56 Å². The van der Waals surface area contributed by atoms with Crippen molar-refractivity contribution in [3.05, 3.63) is 42.0 Å². The normalized spacial score (nSPS) is 11.7. The van der Waals surface area contributed by atoms with E-state index in [4.69, 9.17) is 39.2 Å². The van der Waals surface area contributed by atoms with Gasteiger partial charge in [-0.3, -0.25) is 4.79 Å². The number of carbonyl (C=O) groups is 1. The van der Waals surface area contributed by atoms with Crippen molar-refractivity contribution >= 4 is 57.5 Å². The van der Waals surface area contributed by atoms with E-state index >= 15 is 0 Å². The van der Waals surface area contributed by atoms with Gasteiger partial charge in [-0.05, 0) is 36.8 Å². The zero-order valence-corrected chi connectivity index (χ0v) is 14.6. The van der Waals surface area contributed by atoms with E-state index in [0.717, 1.165) is 0 Å². The van der Waals surface area contributed by atoms with Gasteiger partial charge < -0.3 is 14.8 Å². The van der Waals surface area contributed by atoms with Crippen molar-refractivity contribution in [3.8, 4) is 17.2 Å². The molecule has 0 saturated carbocycles. The summed E-state index contributed by atoms with van der Waals surface area (Å²) in [6.45, 7) is 1.67. The zero-order valence-electron chi connectivity index (χ0n) is 12.3. The number of rotatable bonds is 2. The van der Waals surface area contributed by atoms with Gasteiger partial charge in [-0.25, -0.2) is 4.98 Å². The number of oxazole rings is 1. The van der Waals surface area contributed by atoms with Crippen LogP contribution < -0.4 is 5.32 Å². The number of phenols is 1. The molecule has 1 aromatic heterocycles. The van der Waals surface area contributed by atoms with Crippen LogP contribution in [0.15, 0.2) is 40.8 Å². The summed E-state index contributed by atoms with van der Waals surface area (Å²) in [5.41, 5.74) is 2.42. The van der Waals surface area contributed by atoms with Gasteiger partial charge in [0.25, 0.3) is 9.70 Å². The van der Waals surface area contributed by atoms with E-state index in [9.17, 15) is 9.90 Å². The Morgan fingerprint density at radius 1 is 1.25 bits per heavy atom. The first-order valence-corrected chi connectivity index (χ1v) is 7.97. The van der Waals surface area contributed by atoms with Crippen LogP contribution in [0.25, 0.3) is 22.6 Å². The molecule has 3 aromatic rings. The van der Waals surface area contributed by atoms with E-state index in [2.05, 4.69) is 10.3 Å². The number of benzene rings is 2. The molecule has 3 rings (SSSR count). The minimum atomic E-state index is -2.09. The highest BCUT2D eigenvalue weighted by Crippen LogP contribution is 2.36. The molecule has 124 valence electrons. The van der Waals surface area contributed by atoms with Gasteiger partial charge in [0.05, 0.1) is 5.56 Å². The molecule has 0 aliphatic carbocycles. The Hall–Kier alpha value is -1.95. The summed E-state index contributed by atoms with van der Waals surface area (Å²) in [4.78, 5) is 16.1. The fourth-order valence-corrected chi connectivity index (χ4v) is 2.35. The highest BCUT2D eigenvalue weighted by molar-refractivity contribution is 6.76. The summed E-state index contributed by atoms with van der Waals surface area (Å²) in [6, 6.07) is 10.3. The van der Waals surface area contributed by atoms with Crippen LogP contribution >= 0.6 is 34.8 Å². The van der Waals surface area contributed by atoms with Gasteiger partial charge >= 0.3 is 0 Å². The molecule has 1 heterocycles. The number of nitrogens with zero attached hydrogens (tertiary/aromatic N) is 1. The van der Waals surface area contributed by atoms with Gasteiger partial charge in [0.15, 0.2) is 5.58 Å². The van der Waals surface area contributed by atoms with E-state index in [1.165, 1.54) is 6.07 Å². The van der Waals surface area contributed by atoms with Crippen LogP contribution in [0.3, 0.4) is 0 Å². The molecule has 0 unspecified atom stereocenters. The Morgan fingerprint density at radius 2 is 1.96 bits per heavy atom. The maximum Gasteiger partial charge on any atom is 0.276 e. The second kappa shape index (κ2) is 6.16. The highest BCUT2D eigenvalue weighted by Gasteiger charge is 2.31. The Bertz CT molecular complexity index is 899. The lowest BCUT2D eigenvalue weighted by Crippen LogP contribution is -2.26. The van der Waals surface area contributed by atoms with E-state index in [1.54, 1.807) is 25.1 Å². The van der Waals surface area contributed by atoms with E-state index in [1.807, 2.05) is 12.1 Å². The standard InChI is InChI=1S/C16H11Cl3N2O3/c1-8-6-9(20-15(23)16(17,18)19)7-10(13(8)22)14-21-11-4-2-3-5-12(11)24-14/h2-7,22H,1H3,(H,20,23). The third-order valence-corrected chi connectivity index (χ3v) is 3.86. The van der Waals surface area contributed by atoms with Crippen LogP contribution in [-0.4, -0.2) is 19.8 Å². The Balaban J connectivity index is 2.06. The van der Waals surface area contributed by atoms with Crippen LogP contribution in [0.2, 0.25) is 0 Å². The number of aromatic nitrogens is 1. The number of para-hydroxylation sites is 2. The minimum absolute atomic E-state index is 0.00608. The van der Waals surface area contributed by atoms with Gasteiger partial charge in [-0.1, -0.05) is 46.9 Å². The number of halogens is 3. The largest absolute Gasteiger partial charge is 0.507 e. The zero-order chi connectivity index (χ0) is 17.5. The van der Waals surface area contributed by atoms with Gasteiger partial charge in [-0.15, -0.1) is 0 Å². The number of fused-ring (bicyclic) bond motifs is 1. The van der Waals surface area contributed by atoms with Crippen molar-refractivity contribution in [1.29, 1.82) is 0 Å². The molecule has 1 amide bonds. The number of phenolic OH excluding ortho intramolecular Hbond substituents is 1. The first-order valence-electron chi connectivity index (χ1n) is 6.83. The minimum Gasteiger partial charge on any atom is -0.507 e. The average molecular weight is 386 g/mol. The molecule has 0 radical (unpaired) electrons. The van der Waals surface area contributed by atoms with Crippen molar-refractivity contribution < 1.29 is 14.3 Å². The fourth-order valence-electron chi connectivity index (χ4n) is 2.20. The SMILES string of the molecule is Cc1cc(NC(=O)C(Cl)(Cl)Cl)cc(-c2nc3ccccc3o2)c1O. The quantitative estimate of drug-likeness (QED) is 0.490. The van der Waals surface area contributed by atoms with Gasteiger partial charge in [0.1, 0.15) is 11.3 Å². The Morgan fingerprint density at radius 3 is 2.62 bits per heavy atom. The molecule has 0 aliphatic rings. The number of aromatic hydroxyl groups is 1. The first-order chi connectivity index (χ1) is 11.3. The lowest BCUT2D eigenvalue weighted by molar-refractivity contribution is -0.115. The number of anilines is 1. The lowest BCUT2D eigenvalue weighted by Gasteiger charge is -2.13. The summed E-state index contributed by atoms with van der Waals surface area (Å²) in [5, 5.41) is 12.8. The molecular formula is C16H11Cl3N2O3. The average Bonchev–Trinajstić information content (AvgIpc) is 2.93. The maximum atomic E-state index is 11.8. The second-order valence-electron chi connectivity index (χ2n) is 5.13. The summed E-state index contributed by atoms with van der Waals surface area (Å²) >= 11 is 16.7. The van der Waals surface area contributed by atoms with Crippen molar-refractivity contribution in [2.24, 2.45) is 0 Å². The number of amides is 1. The third-order valence-electron chi connectivity index (χ3n) is 3.34. The summed E-state index contributed by atoms with van der Waals surface area (Å²) in [5.74, 6) is -0.587. The number of hydrogen-bond donors (Lipinski definition) is 2. The van der Waals surface area contributed by atoms with E-state index in [0.29, 0.717) is 27.9 Å². The van der Waals surface area contributed by atoms with Crippen LogP contribution in [0, 0.1) is 6.92 Å². The molecule has 2 aromatic carbocycles. The van der Waals surface area contributed by atoms with Gasteiger partial charge in [-0.2, -0.15) is 0 Å². The molecule has 0 spiro atoms. The Labute approximate surface area is 152 Å². The Kier molecular flexibility index (Phi) is 4.34. The number of aryl methyl sites for hydroxylation is 1. The van der Waals surface area contributed by atoms with E-state index < -0.39 is 9.70 Å². The van der Waals surface area contributed by atoms with Crippen molar-refractivity contribution in [2.75, 3.05) is 5.32 Å². The monoisotopic (exact) mass is 384 g/mol. The van der Waals surface area contributed by atoms with Crippen molar-refractivity contribution in [1.82, 2.24) is 4.98 Å². The number of alkyl halides is 3. The highest BCUT2D eigenvalue weighted by atomic mass is 35.6. The summed E-state index contributed by atoms with van der Waals surface area (Å²) in [7, 11) is 0. The van der Waals surface area contributed by atoms with Crippen LogP contribution in [-0.2, 0) is 4.79 Å². The molecule has 8 heteroatoms. The fraction of sp³-hybridized carbons (Fsp3) is 0.125. The maximum absolute atomic E-state index is 11.8. The predicted molar refractivity (Wildman–Crippen MR) is 94.8 cm³/mol. The third kappa shape index (κ3) is 3.29.